The summed E-state index contributed by atoms with van der Waals surface area (Å²) in [4.78, 5) is 33.6. The predicted molar refractivity (Wildman–Crippen MR) is 74.0 cm³/mol. The first kappa shape index (κ1) is 15.9. The summed E-state index contributed by atoms with van der Waals surface area (Å²) in [6.07, 6.45) is -0.315. The zero-order chi connectivity index (χ0) is 15.8. The molecule has 0 spiro atoms. The van der Waals surface area contributed by atoms with Crippen molar-refractivity contribution in [3.05, 3.63) is 29.0 Å². The number of halogens is 1. The number of hydrogen-bond donors (Lipinski definition) is 3. The fourth-order valence-corrected chi connectivity index (χ4v) is 2.86. The minimum absolute atomic E-state index is 0.161. The first-order chi connectivity index (χ1) is 9.75. The molecule has 21 heavy (non-hydrogen) atoms. The van der Waals surface area contributed by atoms with Gasteiger partial charge in [-0.25, -0.2) is 9.78 Å². The van der Waals surface area contributed by atoms with E-state index < -0.39 is 19.7 Å². The number of nitrogens with zero attached hydrogens (tertiary/aromatic N) is 2. The molecule has 2 heterocycles. The summed E-state index contributed by atoms with van der Waals surface area (Å²) in [5.41, 5.74) is 0.113. The highest BCUT2D eigenvalue weighted by Crippen LogP contribution is 2.34. The lowest BCUT2D eigenvalue weighted by atomic mass is 10.1. The smallest absolute Gasteiger partial charge is 0.374 e. The maximum atomic E-state index is 11.5. The van der Waals surface area contributed by atoms with Crippen LogP contribution in [0.3, 0.4) is 0 Å². The van der Waals surface area contributed by atoms with Crippen molar-refractivity contribution in [3.63, 3.8) is 0 Å². The summed E-state index contributed by atoms with van der Waals surface area (Å²) in [6, 6.07) is 2.96. The van der Waals surface area contributed by atoms with E-state index in [4.69, 9.17) is 21.4 Å². The third kappa shape index (κ3) is 3.09. The first-order valence-electron chi connectivity index (χ1n) is 5.72. The summed E-state index contributed by atoms with van der Waals surface area (Å²) >= 11 is 6.04. The molecule has 0 fully saturated rings. The molecule has 10 heteroatoms. The Morgan fingerprint density at radius 1 is 1.52 bits per heavy atom. The summed E-state index contributed by atoms with van der Waals surface area (Å²) in [6.45, 7) is 0. The van der Waals surface area contributed by atoms with Gasteiger partial charge in [0.1, 0.15) is 5.65 Å². The molecule has 0 bridgehead atoms. The van der Waals surface area contributed by atoms with Crippen LogP contribution in [0.4, 0.5) is 0 Å². The van der Waals surface area contributed by atoms with Gasteiger partial charge >= 0.3 is 13.6 Å². The zero-order valence-corrected chi connectivity index (χ0v) is 12.5. The van der Waals surface area contributed by atoms with Gasteiger partial charge in [0, 0.05) is 19.2 Å². The molecule has 0 amide bonds. The topological polar surface area (TPSA) is 121 Å². The van der Waals surface area contributed by atoms with Gasteiger partial charge in [0.25, 0.3) is 0 Å². The van der Waals surface area contributed by atoms with Gasteiger partial charge < -0.3 is 19.6 Å². The summed E-state index contributed by atoms with van der Waals surface area (Å²) in [7, 11) is -3.36. The second kappa shape index (κ2) is 5.75. The second-order valence-corrected chi connectivity index (χ2v) is 6.20. The van der Waals surface area contributed by atoms with E-state index in [-0.39, 0.29) is 28.2 Å². The molecule has 0 saturated heterocycles. The van der Waals surface area contributed by atoms with Crippen LogP contribution >= 0.6 is 19.2 Å². The number of carboxylic acids is 1. The van der Waals surface area contributed by atoms with E-state index in [0.717, 1.165) is 10.6 Å². The molecule has 2 aromatic heterocycles. The number of aliphatic carboxylic acids is 1. The number of ether oxygens (including phenoxy) is 1. The van der Waals surface area contributed by atoms with Crippen LogP contribution in [0, 0.1) is 0 Å². The highest BCUT2D eigenvalue weighted by molar-refractivity contribution is 7.60. The summed E-state index contributed by atoms with van der Waals surface area (Å²) in [5, 5.41) is 9.20. The molecule has 2 rings (SSSR count). The zero-order valence-electron chi connectivity index (χ0n) is 10.8. The Bertz CT molecular complexity index is 740. The lowest BCUT2D eigenvalue weighted by Gasteiger charge is -2.15. The third-order valence-corrected chi connectivity index (χ3v) is 4.19. The summed E-state index contributed by atoms with van der Waals surface area (Å²) in [5.74, 6) is -1.21. The number of carbonyl (C=O) groups is 1. The number of imidazole rings is 1. The Labute approximate surface area is 124 Å². The standard InChI is InChI=1S/C11H12ClN2O6P/c1-20-8(11(15)16)4-7-6(12)2-3-9-13-5-10(14(7)9)21(17,18)19/h2-3,5,8H,4H2,1H3,(H,15,16)(H2,17,18,19). The van der Waals surface area contributed by atoms with Crippen molar-refractivity contribution in [2.75, 3.05) is 7.11 Å². The molecule has 0 saturated carbocycles. The van der Waals surface area contributed by atoms with E-state index in [0.29, 0.717) is 0 Å². The Balaban J connectivity index is 2.66. The average Bonchev–Trinajstić information content (AvgIpc) is 2.81. The molecule has 0 aliphatic heterocycles. The molecule has 2 aromatic rings. The molecular weight excluding hydrogens is 323 g/mol. The molecule has 0 aliphatic carbocycles. The average molecular weight is 335 g/mol. The van der Waals surface area contributed by atoms with Gasteiger partial charge in [-0.15, -0.1) is 0 Å². The van der Waals surface area contributed by atoms with Crippen molar-refractivity contribution in [2.45, 2.75) is 12.5 Å². The van der Waals surface area contributed by atoms with Crippen molar-refractivity contribution in [3.8, 4) is 0 Å². The number of pyridine rings is 1. The van der Waals surface area contributed by atoms with Gasteiger partial charge in [-0.3, -0.25) is 8.97 Å². The number of rotatable bonds is 5. The van der Waals surface area contributed by atoms with Crippen molar-refractivity contribution >= 4 is 36.2 Å². The Kier molecular flexibility index (Phi) is 4.36. The highest BCUT2D eigenvalue weighted by Gasteiger charge is 2.27. The Morgan fingerprint density at radius 2 is 2.19 bits per heavy atom. The SMILES string of the molecule is COC(Cc1c(Cl)ccc2ncc(P(=O)(O)O)n12)C(=O)O. The number of carboxylic acid groups (broad SMARTS) is 1. The molecule has 8 nitrogen and oxygen atoms in total. The predicted octanol–water partition coefficient (Wildman–Crippen LogP) is 0.433. The molecule has 0 aliphatic rings. The maximum absolute atomic E-state index is 11.5. The van der Waals surface area contributed by atoms with Crippen LogP contribution in [-0.2, 0) is 20.5 Å². The van der Waals surface area contributed by atoms with E-state index in [9.17, 15) is 19.1 Å². The molecular formula is C11H12ClN2O6P. The van der Waals surface area contributed by atoms with E-state index in [1.807, 2.05) is 0 Å². The quantitative estimate of drug-likeness (QED) is 0.678. The Morgan fingerprint density at radius 3 is 2.71 bits per heavy atom. The first-order valence-corrected chi connectivity index (χ1v) is 7.71. The van der Waals surface area contributed by atoms with Gasteiger partial charge in [0.15, 0.2) is 11.5 Å². The third-order valence-electron chi connectivity index (χ3n) is 2.93. The Hall–Kier alpha value is -1.44. The van der Waals surface area contributed by atoms with Gasteiger partial charge in [0.05, 0.1) is 11.2 Å². The van der Waals surface area contributed by atoms with E-state index in [1.54, 1.807) is 0 Å². The van der Waals surface area contributed by atoms with Crippen LogP contribution in [0.15, 0.2) is 18.3 Å². The van der Waals surface area contributed by atoms with Gasteiger partial charge in [0.2, 0.25) is 0 Å². The molecule has 1 atom stereocenters. The van der Waals surface area contributed by atoms with Crippen LogP contribution in [0.5, 0.6) is 0 Å². The van der Waals surface area contributed by atoms with Crippen LogP contribution in [0.25, 0.3) is 5.65 Å². The van der Waals surface area contributed by atoms with Gasteiger partial charge in [-0.05, 0) is 12.1 Å². The lowest BCUT2D eigenvalue weighted by molar-refractivity contribution is -0.148. The van der Waals surface area contributed by atoms with Crippen molar-refractivity contribution in [1.82, 2.24) is 9.38 Å². The lowest BCUT2D eigenvalue weighted by Crippen LogP contribution is -2.27. The van der Waals surface area contributed by atoms with Crippen molar-refractivity contribution in [1.29, 1.82) is 0 Å². The van der Waals surface area contributed by atoms with Crippen molar-refractivity contribution < 1.29 is 29.0 Å². The number of hydrogen-bond acceptors (Lipinski definition) is 4. The van der Waals surface area contributed by atoms with E-state index >= 15 is 0 Å². The normalized spacial score (nSPS) is 13.5. The fraction of sp³-hybridized carbons (Fsp3) is 0.273. The number of aromatic nitrogens is 2. The van der Waals surface area contributed by atoms with E-state index in [1.165, 1.54) is 19.2 Å². The molecule has 114 valence electrons. The van der Waals surface area contributed by atoms with Crippen molar-refractivity contribution in [2.24, 2.45) is 0 Å². The largest absolute Gasteiger partial charge is 0.479 e. The monoisotopic (exact) mass is 334 g/mol. The van der Waals surface area contributed by atoms with E-state index in [2.05, 4.69) is 4.98 Å². The highest BCUT2D eigenvalue weighted by atomic mass is 35.5. The van der Waals surface area contributed by atoms with Gasteiger partial charge in [-0.1, -0.05) is 11.6 Å². The second-order valence-electron chi connectivity index (χ2n) is 4.25. The fourth-order valence-electron chi connectivity index (χ4n) is 1.94. The van der Waals surface area contributed by atoms with Crippen LogP contribution in [-0.4, -0.2) is 43.5 Å². The number of methoxy groups -OCH3 is 1. The van der Waals surface area contributed by atoms with Crippen LogP contribution in [0.1, 0.15) is 5.69 Å². The maximum Gasteiger partial charge on any atom is 0.374 e. The number of fused-ring (bicyclic) bond motifs is 1. The van der Waals surface area contributed by atoms with Crippen LogP contribution < -0.4 is 5.44 Å². The molecule has 3 N–H and O–H groups in total. The minimum Gasteiger partial charge on any atom is -0.479 e. The molecule has 1 unspecified atom stereocenters. The van der Waals surface area contributed by atoms with Gasteiger partial charge in [-0.2, -0.15) is 0 Å². The minimum atomic E-state index is -4.58. The summed E-state index contributed by atoms with van der Waals surface area (Å²) < 4.78 is 17.5. The van der Waals surface area contributed by atoms with Crippen LogP contribution in [0.2, 0.25) is 5.02 Å². The molecule has 0 aromatic carbocycles. The molecule has 0 radical (unpaired) electrons.